The van der Waals surface area contributed by atoms with E-state index in [9.17, 15) is 4.79 Å². The summed E-state index contributed by atoms with van der Waals surface area (Å²) in [5.74, 6) is 0.659. The van der Waals surface area contributed by atoms with Crippen LogP contribution in [0, 0.1) is 6.92 Å². The molecule has 98 valence electrons. The lowest BCUT2D eigenvalue weighted by Gasteiger charge is -2.39. The molecule has 0 saturated carbocycles. The second-order valence-corrected chi connectivity index (χ2v) is 4.61. The minimum absolute atomic E-state index is 0.118. The molecule has 18 heavy (non-hydrogen) atoms. The Bertz CT molecular complexity index is 434. The average molecular weight is 250 g/mol. The maximum absolute atomic E-state index is 11.8. The lowest BCUT2D eigenvalue weighted by atomic mass is 10.0. The monoisotopic (exact) mass is 250 g/mol. The number of morpholine rings is 1. The first-order valence-corrected chi connectivity index (χ1v) is 5.96. The van der Waals surface area contributed by atoms with E-state index in [0.29, 0.717) is 19.7 Å². The highest BCUT2D eigenvalue weighted by atomic mass is 16.5. The predicted octanol–water partition coefficient (Wildman–Crippen LogP) is 0.126. The number of hydrogen-bond acceptors (Lipinski definition) is 5. The van der Waals surface area contributed by atoms with Crippen molar-refractivity contribution in [2.24, 2.45) is 0 Å². The van der Waals surface area contributed by atoms with E-state index in [4.69, 9.17) is 4.74 Å². The van der Waals surface area contributed by atoms with E-state index < -0.39 is 5.60 Å². The SMILES string of the molecule is CNC(=O)[C@@]1(C)CN(c2ccc(C)nn2)CCO1. The van der Waals surface area contributed by atoms with Crippen molar-refractivity contribution in [2.45, 2.75) is 19.4 Å². The van der Waals surface area contributed by atoms with Gasteiger partial charge in [0.1, 0.15) is 0 Å². The largest absolute Gasteiger partial charge is 0.362 e. The van der Waals surface area contributed by atoms with Crippen LogP contribution in [0.3, 0.4) is 0 Å². The van der Waals surface area contributed by atoms with Gasteiger partial charge in [-0.3, -0.25) is 4.79 Å². The van der Waals surface area contributed by atoms with Crippen molar-refractivity contribution < 1.29 is 9.53 Å². The number of nitrogens with one attached hydrogen (secondary N) is 1. The summed E-state index contributed by atoms with van der Waals surface area (Å²) in [6.45, 7) is 5.37. The molecule has 1 aromatic heterocycles. The van der Waals surface area contributed by atoms with Crippen molar-refractivity contribution in [3.8, 4) is 0 Å². The highest BCUT2D eigenvalue weighted by Gasteiger charge is 2.39. The Morgan fingerprint density at radius 3 is 2.89 bits per heavy atom. The third-order valence-electron chi connectivity index (χ3n) is 3.09. The van der Waals surface area contributed by atoms with E-state index in [-0.39, 0.29) is 5.91 Å². The van der Waals surface area contributed by atoms with E-state index in [1.54, 1.807) is 14.0 Å². The summed E-state index contributed by atoms with van der Waals surface area (Å²) in [4.78, 5) is 13.8. The number of aryl methyl sites for hydroxylation is 1. The van der Waals surface area contributed by atoms with Crippen molar-refractivity contribution in [1.82, 2.24) is 15.5 Å². The summed E-state index contributed by atoms with van der Waals surface area (Å²) < 4.78 is 5.59. The van der Waals surface area contributed by atoms with Crippen LogP contribution in [0.15, 0.2) is 12.1 Å². The molecular weight excluding hydrogens is 232 g/mol. The third-order valence-corrected chi connectivity index (χ3v) is 3.09. The van der Waals surface area contributed by atoms with Crippen molar-refractivity contribution in [1.29, 1.82) is 0 Å². The molecule has 0 bridgehead atoms. The molecule has 0 spiro atoms. The van der Waals surface area contributed by atoms with Crippen LogP contribution in [0.1, 0.15) is 12.6 Å². The molecular formula is C12H18N4O2. The van der Waals surface area contributed by atoms with Gasteiger partial charge in [0, 0.05) is 13.6 Å². The summed E-state index contributed by atoms with van der Waals surface area (Å²) >= 11 is 0. The normalized spacial score (nSPS) is 23.8. The van der Waals surface area contributed by atoms with Gasteiger partial charge in [0.05, 0.1) is 18.8 Å². The summed E-state index contributed by atoms with van der Waals surface area (Å²) in [5, 5.41) is 10.8. The molecule has 1 aliphatic heterocycles. The number of ether oxygens (including phenoxy) is 1. The number of anilines is 1. The van der Waals surface area contributed by atoms with Gasteiger partial charge in [-0.25, -0.2) is 0 Å². The predicted molar refractivity (Wildman–Crippen MR) is 67.4 cm³/mol. The Morgan fingerprint density at radius 1 is 1.50 bits per heavy atom. The number of likely N-dealkylation sites (N-methyl/N-ethyl adjacent to an activating group) is 1. The number of nitrogens with zero attached hydrogens (tertiary/aromatic N) is 3. The molecule has 1 N–H and O–H groups in total. The average Bonchev–Trinajstić information content (AvgIpc) is 2.38. The summed E-state index contributed by atoms with van der Waals surface area (Å²) in [6, 6.07) is 3.83. The molecule has 1 saturated heterocycles. The number of rotatable bonds is 2. The number of carbonyl (C=O) groups is 1. The van der Waals surface area contributed by atoms with E-state index in [1.807, 2.05) is 24.0 Å². The van der Waals surface area contributed by atoms with E-state index in [0.717, 1.165) is 11.5 Å². The summed E-state index contributed by atoms with van der Waals surface area (Å²) in [5.41, 5.74) is 0.0422. The molecule has 2 rings (SSSR count). The first-order valence-electron chi connectivity index (χ1n) is 5.96. The Labute approximate surface area is 106 Å². The summed E-state index contributed by atoms with van der Waals surface area (Å²) in [6.07, 6.45) is 0. The highest BCUT2D eigenvalue weighted by Crippen LogP contribution is 2.21. The quantitative estimate of drug-likeness (QED) is 0.808. The zero-order chi connectivity index (χ0) is 13.2. The van der Waals surface area contributed by atoms with Gasteiger partial charge in [-0.05, 0) is 26.0 Å². The zero-order valence-corrected chi connectivity index (χ0v) is 10.9. The Kier molecular flexibility index (Phi) is 3.47. The lowest BCUT2D eigenvalue weighted by Crippen LogP contribution is -2.58. The number of aromatic nitrogens is 2. The third kappa shape index (κ3) is 2.43. The van der Waals surface area contributed by atoms with Gasteiger partial charge >= 0.3 is 0 Å². The van der Waals surface area contributed by atoms with Gasteiger partial charge in [-0.2, -0.15) is 5.10 Å². The van der Waals surface area contributed by atoms with Crippen molar-refractivity contribution in [3.05, 3.63) is 17.8 Å². The molecule has 2 heterocycles. The van der Waals surface area contributed by atoms with E-state index in [1.165, 1.54) is 0 Å². The highest BCUT2D eigenvalue weighted by molar-refractivity contribution is 5.85. The molecule has 1 fully saturated rings. The standard InChI is InChI=1S/C12H18N4O2/c1-9-4-5-10(15-14-9)16-6-7-18-12(2,8-16)11(17)13-3/h4-5H,6-8H2,1-3H3,(H,13,17)/t12-/m1/s1. The van der Waals surface area contributed by atoms with Crippen LogP contribution in [0.25, 0.3) is 0 Å². The van der Waals surface area contributed by atoms with Crippen LogP contribution in [0.2, 0.25) is 0 Å². The molecule has 0 aromatic carbocycles. The second-order valence-electron chi connectivity index (χ2n) is 4.61. The first-order chi connectivity index (χ1) is 8.55. The van der Waals surface area contributed by atoms with Crippen molar-refractivity contribution >= 4 is 11.7 Å². The van der Waals surface area contributed by atoms with Crippen LogP contribution >= 0.6 is 0 Å². The minimum atomic E-state index is -0.834. The van der Waals surface area contributed by atoms with Gasteiger partial charge in [0.2, 0.25) is 0 Å². The molecule has 6 nitrogen and oxygen atoms in total. The van der Waals surface area contributed by atoms with Crippen LogP contribution < -0.4 is 10.2 Å². The van der Waals surface area contributed by atoms with E-state index in [2.05, 4.69) is 15.5 Å². The van der Waals surface area contributed by atoms with Crippen LogP contribution in [0.5, 0.6) is 0 Å². The van der Waals surface area contributed by atoms with Gasteiger partial charge in [0.25, 0.3) is 5.91 Å². The fourth-order valence-corrected chi connectivity index (χ4v) is 2.03. The van der Waals surface area contributed by atoms with Gasteiger partial charge in [-0.15, -0.1) is 5.10 Å². The fourth-order valence-electron chi connectivity index (χ4n) is 2.03. The second kappa shape index (κ2) is 4.89. The molecule has 0 radical (unpaired) electrons. The van der Waals surface area contributed by atoms with Crippen LogP contribution in [-0.4, -0.2) is 48.4 Å². The molecule has 0 aliphatic carbocycles. The van der Waals surface area contributed by atoms with E-state index >= 15 is 0 Å². The topological polar surface area (TPSA) is 67.4 Å². The molecule has 1 amide bonds. The number of carbonyl (C=O) groups excluding carboxylic acids is 1. The molecule has 1 aromatic rings. The van der Waals surface area contributed by atoms with Crippen molar-refractivity contribution in [2.75, 3.05) is 31.6 Å². The zero-order valence-electron chi connectivity index (χ0n) is 10.9. The molecule has 6 heteroatoms. The van der Waals surface area contributed by atoms with Gasteiger partial charge in [0.15, 0.2) is 11.4 Å². The Hall–Kier alpha value is -1.69. The molecule has 1 aliphatic rings. The van der Waals surface area contributed by atoms with Crippen LogP contribution in [0.4, 0.5) is 5.82 Å². The Balaban J connectivity index is 2.16. The van der Waals surface area contributed by atoms with Crippen LogP contribution in [-0.2, 0) is 9.53 Å². The number of amides is 1. The maximum atomic E-state index is 11.8. The Morgan fingerprint density at radius 2 is 2.28 bits per heavy atom. The van der Waals surface area contributed by atoms with Gasteiger partial charge in [-0.1, -0.05) is 0 Å². The van der Waals surface area contributed by atoms with Gasteiger partial charge < -0.3 is 15.0 Å². The first kappa shape index (κ1) is 12.8. The molecule has 1 atom stereocenters. The smallest absolute Gasteiger partial charge is 0.253 e. The maximum Gasteiger partial charge on any atom is 0.253 e. The van der Waals surface area contributed by atoms with Crippen molar-refractivity contribution in [3.63, 3.8) is 0 Å². The summed E-state index contributed by atoms with van der Waals surface area (Å²) in [7, 11) is 1.61. The minimum Gasteiger partial charge on any atom is -0.362 e. The fraction of sp³-hybridized carbons (Fsp3) is 0.583. The number of hydrogen-bond donors (Lipinski definition) is 1. The molecule has 0 unspecified atom stereocenters. The lowest BCUT2D eigenvalue weighted by molar-refractivity contribution is -0.145.